The zero-order chi connectivity index (χ0) is 11.1. The van der Waals surface area contributed by atoms with Crippen LogP contribution in [0.25, 0.3) is 0 Å². The van der Waals surface area contributed by atoms with E-state index in [1.807, 2.05) is 12.2 Å². The summed E-state index contributed by atoms with van der Waals surface area (Å²) in [5, 5.41) is 0. The highest BCUT2D eigenvalue weighted by Gasteiger charge is 2.04. The minimum atomic E-state index is 0.607. The van der Waals surface area contributed by atoms with Gasteiger partial charge in [0.2, 0.25) is 0 Å². The molecule has 0 N–H and O–H groups in total. The second-order valence-electron chi connectivity index (χ2n) is 3.67. The van der Waals surface area contributed by atoms with E-state index in [2.05, 4.69) is 40.2 Å². The second kappa shape index (κ2) is 6.20. The molecule has 0 atom stereocenters. The molecule has 0 radical (unpaired) electrons. The fourth-order valence-electron chi connectivity index (χ4n) is 1.32. The summed E-state index contributed by atoms with van der Waals surface area (Å²) in [6.07, 6.45) is 6.45. The summed E-state index contributed by atoms with van der Waals surface area (Å²) >= 11 is 0. The lowest BCUT2D eigenvalue weighted by atomic mass is 9.94. The molecule has 0 aromatic carbocycles. The highest BCUT2D eigenvalue weighted by Crippen LogP contribution is 2.22. The molecule has 0 unspecified atom stereocenters. The Kier molecular flexibility index (Phi) is 5.62. The van der Waals surface area contributed by atoms with Gasteiger partial charge in [-0.1, -0.05) is 58.4 Å². The van der Waals surface area contributed by atoms with Crippen LogP contribution < -0.4 is 0 Å². The molecule has 0 spiro atoms. The molecule has 0 rings (SSSR count). The SMILES string of the molecule is C=CC(=C)/C(C=C)=C(\C=C)CC(C)C. The Bertz CT molecular complexity index is 274. The van der Waals surface area contributed by atoms with Gasteiger partial charge in [-0.15, -0.1) is 0 Å². The van der Waals surface area contributed by atoms with Gasteiger partial charge in [0.05, 0.1) is 0 Å². The first-order valence-corrected chi connectivity index (χ1v) is 4.86. The van der Waals surface area contributed by atoms with Crippen LogP contribution in [0.5, 0.6) is 0 Å². The Morgan fingerprint density at radius 1 is 1.07 bits per heavy atom. The summed E-state index contributed by atoms with van der Waals surface area (Å²) in [7, 11) is 0. The Morgan fingerprint density at radius 3 is 1.93 bits per heavy atom. The van der Waals surface area contributed by atoms with Crippen molar-refractivity contribution in [1.29, 1.82) is 0 Å². The Hall–Kier alpha value is -1.30. The molecular weight excluding hydrogens is 168 g/mol. The maximum Gasteiger partial charge on any atom is -0.0164 e. The van der Waals surface area contributed by atoms with Crippen molar-refractivity contribution in [1.82, 2.24) is 0 Å². The van der Waals surface area contributed by atoms with Crippen LogP contribution >= 0.6 is 0 Å². The lowest BCUT2D eigenvalue weighted by Gasteiger charge is -2.11. The van der Waals surface area contributed by atoms with E-state index in [4.69, 9.17) is 0 Å². The lowest BCUT2D eigenvalue weighted by molar-refractivity contribution is 0.648. The van der Waals surface area contributed by atoms with E-state index in [0.717, 1.165) is 17.6 Å². The van der Waals surface area contributed by atoms with Crippen molar-refractivity contribution in [3.63, 3.8) is 0 Å². The summed E-state index contributed by atoms with van der Waals surface area (Å²) < 4.78 is 0. The monoisotopic (exact) mass is 188 g/mol. The van der Waals surface area contributed by atoms with Gasteiger partial charge in [-0.2, -0.15) is 0 Å². The van der Waals surface area contributed by atoms with E-state index in [1.165, 1.54) is 5.57 Å². The summed E-state index contributed by atoms with van der Waals surface area (Å²) in [5.41, 5.74) is 3.17. The van der Waals surface area contributed by atoms with Crippen LogP contribution in [-0.4, -0.2) is 0 Å². The molecule has 0 heterocycles. The summed E-state index contributed by atoms with van der Waals surface area (Å²) in [5.74, 6) is 0.607. The van der Waals surface area contributed by atoms with E-state index in [-0.39, 0.29) is 0 Å². The van der Waals surface area contributed by atoms with Gasteiger partial charge in [0, 0.05) is 0 Å². The van der Waals surface area contributed by atoms with Crippen molar-refractivity contribution in [2.75, 3.05) is 0 Å². The fourth-order valence-corrected chi connectivity index (χ4v) is 1.32. The van der Waals surface area contributed by atoms with Crippen molar-refractivity contribution in [2.45, 2.75) is 20.3 Å². The summed E-state index contributed by atoms with van der Waals surface area (Å²) in [4.78, 5) is 0. The van der Waals surface area contributed by atoms with E-state index in [9.17, 15) is 0 Å². The van der Waals surface area contributed by atoms with Gasteiger partial charge < -0.3 is 0 Å². The molecule has 0 aromatic heterocycles. The van der Waals surface area contributed by atoms with E-state index in [1.54, 1.807) is 6.08 Å². The van der Waals surface area contributed by atoms with E-state index < -0.39 is 0 Å². The van der Waals surface area contributed by atoms with Crippen LogP contribution in [0.2, 0.25) is 0 Å². The van der Waals surface area contributed by atoms with Crippen LogP contribution in [0.1, 0.15) is 20.3 Å². The second-order valence-corrected chi connectivity index (χ2v) is 3.67. The zero-order valence-corrected chi connectivity index (χ0v) is 9.34. The summed E-state index contributed by atoms with van der Waals surface area (Å²) in [6.45, 7) is 19.6. The molecule has 0 heteroatoms. The van der Waals surface area contributed by atoms with Crippen molar-refractivity contribution < 1.29 is 0 Å². The van der Waals surface area contributed by atoms with Gasteiger partial charge in [-0.25, -0.2) is 0 Å². The third-order valence-corrected chi connectivity index (χ3v) is 2.02. The minimum absolute atomic E-state index is 0.607. The quantitative estimate of drug-likeness (QED) is 0.540. The molecule has 76 valence electrons. The number of hydrogen-bond acceptors (Lipinski definition) is 0. The molecule has 0 saturated heterocycles. The highest BCUT2D eigenvalue weighted by atomic mass is 14.1. The molecular formula is C14H20. The first kappa shape index (κ1) is 12.7. The maximum atomic E-state index is 3.93. The standard InChI is InChI=1S/C14H20/c1-7-12(6)14(9-3)13(8-2)10-11(4)5/h7-9,11H,1-3,6,10H2,4-5H3/b14-13+. The largest absolute Gasteiger partial charge is 0.0988 e. The van der Waals surface area contributed by atoms with E-state index in [0.29, 0.717) is 5.92 Å². The number of rotatable bonds is 6. The average Bonchev–Trinajstić information content (AvgIpc) is 2.16. The number of hydrogen-bond donors (Lipinski definition) is 0. The highest BCUT2D eigenvalue weighted by molar-refractivity contribution is 5.49. The van der Waals surface area contributed by atoms with Crippen LogP contribution in [-0.2, 0) is 0 Å². The first-order chi connectivity index (χ1) is 6.56. The van der Waals surface area contributed by atoms with Crippen LogP contribution in [0.4, 0.5) is 0 Å². The maximum absolute atomic E-state index is 3.93. The predicted molar refractivity (Wildman–Crippen MR) is 66.2 cm³/mol. The van der Waals surface area contributed by atoms with Gasteiger partial charge in [-0.3, -0.25) is 0 Å². The van der Waals surface area contributed by atoms with Gasteiger partial charge >= 0.3 is 0 Å². The molecule has 0 aliphatic rings. The molecule has 0 aliphatic carbocycles. The topological polar surface area (TPSA) is 0 Å². The Balaban J connectivity index is 5.10. The minimum Gasteiger partial charge on any atom is -0.0988 e. The smallest absolute Gasteiger partial charge is 0.0164 e. The van der Waals surface area contributed by atoms with E-state index >= 15 is 0 Å². The van der Waals surface area contributed by atoms with Crippen LogP contribution in [0.15, 0.2) is 61.3 Å². The fraction of sp³-hybridized carbons (Fsp3) is 0.286. The summed E-state index contributed by atoms with van der Waals surface area (Å²) in [6, 6.07) is 0. The molecule has 0 saturated carbocycles. The number of allylic oxidation sites excluding steroid dienone is 6. The molecule has 14 heavy (non-hydrogen) atoms. The molecule has 0 aromatic rings. The van der Waals surface area contributed by atoms with Crippen molar-refractivity contribution >= 4 is 0 Å². The third kappa shape index (κ3) is 3.61. The van der Waals surface area contributed by atoms with Crippen molar-refractivity contribution in [2.24, 2.45) is 5.92 Å². The molecule has 0 fully saturated rings. The van der Waals surface area contributed by atoms with Crippen LogP contribution in [0, 0.1) is 5.92 Å². The van der Waals surface area contributed by atoms with Crippen molar-refractivity contribution in [3.05, 3.63) is 61.3 Å². The van der Waals surface area contributed by atoms with Gasteiger partial charge in [0.15, 0.2) is 0 Å². The molecule has 0 amide bonds. The Labute approximate surface area is 88.0 Å². The van der Waals surface area contributed by atoms with Gasteiger partial charge in [0.1, 0.15) is 0 Å². The Morgan fingerprint density at radius 2 is 1.64 bits per heavy atom. The molecule has 0 bridgehead atoms. The lowest BCUT2D eigenvalue weighted by Crippen LogP contribution is -1.94. The molecule has 0 nitrogen and oxygen atoms in total. The average molecular weight is 188 g/mol. The van der Waals surface area contributed by atoms with Crippen LogP contribution in [0.3, 0.4) is 0 Å². The van der Waals surface area contributed by atoms with Gasteiger partial charge in [0.25, 0.3) is 0 Å². The zero-order valence-electron chi connectivity index (χ0n) is 9.34. The predicted octanol–water partition coefficient (Wildman–Crippen LogP) is 4.44. The third-order valence-electron chi connectivity index (χ3n) is 2.02. The van der Waals surface area contributed by atoms with Crippen molar-refractivity contribution in [3.8, 4) is 0 Å². The first-order valence-electron chi connectivity index (χ1n) is 4.86. The normalized spacial score (nSPS) is 11.9. The molecule has 0 aliphatic heterocycles. The van der Waals surface area contributed by atoms with Gasteiger partial charge in [-0.05, 0) is 29.1 Å².